The van der Waals surface area contributed by atoms with Crippen LogP contribution in [0.15, 0.2) is 25.3 Å². The summed E-state index contributed by atoms with van der Waals surface area (Å²) in [6.45, 7) is 16.1. The van der Waals surface area contributed by atoms with Crippen molar-refractivity contribution < 1.29 is 0 Å². The van der Waals surface area contributed by atoms with Crippen LogP contribution in [0.25, 0.3) is 0 Å². The van der Waals surface area contributed by atoms with E-state index >= 15 is 0 Å². The molecule has 0 radical (unpaired) electrons. The maximum absolute atomic E-state index is 3.65. The van der Waals surface area contributed by atoms with Crippen molar-refractivity contribution in [3.8, 4) is 0 Å². The van der Waals surface area contributed by atoms with Crippen molar-refractivity contribution in [3.05, 3.63) is 25.3 Å². The molecule has 0 heterocycles. The van der Waals surface area contributed by atoms with Gasteiger partial charge in [-0.3, -0.25) is 0 Å². The van der Waals surface area contributed by atoms with Crippen LogP contribution in [-0.4, -0.2) is 0 Å². The highest BCUT2D eigenvalue weighted by Gasteiger charge is 1.90. The summed E-state index contributed by atoms with van der Waals surface area (Å²) in [6, 6.07) is 0. The van der Waals surface area contributed by atoms with Crippen molar-refractivity contribution in [3.63, 3.8) is 0 Å². The van der Waals surface area contributed by atoms with E-state index in [0.29, 0.717) is 0 Å². The van der Waals surface area contributed by atoms with Crippen molar-refractivity contribution in [1.82, 2.24) is 0 Å². The predicted molar refractivity (Wildman–Crippen MR) is 63.9 cm³/mol. The highest BCUT2D eigenvalue weighted by atomic mass is 14.0. The molecule has 0 saturated carbocycles. The molecule has 0 bridgehead atoms. The molecule has 0 aliphatic rings. The van der Waals surface area contributed by atoms with E-state index in [-0.39, 0.29) is 0 Å². The Kier molecular flexibility index (Phi) is 13.2. The maximum Gasteiger partial charge on any atom is -0.0328 e. The van der Waals surface area contributed by atoms with Gasteiger partial charge in [0.1, 0.15) is 0 Å². The maximum atomic E-state index is 3.65. The summed E-state index contributed by atoms with van der Waals surface area (Å²) in [5, 5.41) is 0. The Hall–Kier alpha value is -0.520. The monoisotopic (exact) mass is 182 g/mol. The standard InChI is InChI=1S/C7H14.C6H12/c1-4-6-7(3)5-2;1-4-5-6(2)3/h4,7H,1,5-6H2,2-3H3;4,6H,1,5H2,2-3H3. The lowest BCUT2D eigenvalue weighted by Gasteiger charge is -2.00. The van der Waals surface area contributed by atoms with Crippen LogP contribution < -0.4 is 0 Å². The molecule has 0 spiro atoms. The fraction of sp³-hybridized carbons (Fsp3) is 0.692. The Morgan fingerprint density at radius 3 is 1.54 bits per heavy atom. The zero-order valence-corrected chi connectivity index (χ0v) is 9.84. The Morgan fingerprint density at radius 2 is 1.46 bits per heavy atom. The predicted octanol–water partition coefficient (Wildman–Crippen LogP) is 4.83. The average Bonchev–Trinajstić information content (AvgIpc) is 2.05. The first-order valence-corrected chi connectivity index (χ1v) is 5.30. The Morgan fingerprint density at radius 1 is 1.00 bits per heavy atom. The Labute approximate surface area is 84.7 Å². The van der Waals surface area contributed by atoms with Crippen molar-refractivity contribution in [2.75, 3.05) is 0 Å². The largest absolute Gasteiger partial charge is 0.103 e. The minimum absolute atomic E-state index is 0.780. The second-order valence-corrected chi connectivity index (χ2v) is 3.96. The van der Waals surface area contributed by atoms with Crippen LogP contribution in [0.2, 0.25) is 0 Å². The van der Waals surface area contributed by atoms with Gasteiger partial charge in [-0.2, -0.15) is 0 Å². The summed E-state index contributed by atoms with van der Waals surface area (Å²) < 4.78 is 0. The molecule has 13 heavy (non-hydrogen) atoms. The van der Waals surface area contributed by atoms with E-state index in [4.69, 9.17) is 0 Å². The van der Waals surface area contributed by atoms with Crippen molar-refractivity contribution in [1.29, 1.82) is 0 Å². The van der Waals surface area contributed by atoms with Gasteiger partial charge in [-0.05, 0) is 24.7 Å². The van der Waals surface area contributed by atoms with Gasteiger partial charge in [-0.1, -0.05) is 46.3 Å². The lowest BCUT2D eigenvalue weighted by atomic mass is 10.1. The molecule has 0 amide bonds. The van der Waals surface area contributed by atoms with E-state index in [9.17, 15) is 0 Å². The van der Waals surface area contributed by atoms with Gasteiger partial charge in [0.25, 0.3) is 0 Å². The normalized spacial score (nSPS) is 11.5. The highest BCUT2D eigenvalue weighted by Crippen LogP contribution is 2.04. The molecular weight excluding hydrogens is 156 g/mol. The molecule has 0 aliphatic heterocycles. The van der Waals surface area contributed by atoms with Crippen LogP contribution in [0.3, 0.4) is 0 Å². The van der Waals surface area contributed by atoms with Crippen LogP contribution in [0.4, 0.5) is 0 Å². The van der Waals surface area contributed by atoms with Gasteiger partial charge in [0.15, 0.2) is 0 Å². The van der Waals surface area contributed by atoms with Gasteiger partial charge in [0.05, 0.1) is 0 Å². The van der Waals surface area contributed by atoms with Gasteiger partial charge in [-0.15, -0.1) is 13.2 Å². The summed E-state index contributed by atoms with van der Waals surface area (Å²) in [5.41, 5.74) is 0. The Bertz CT molecular complexity index is 111. The van der Waals surface area contributed by atoms with E-state index in [1.807, 2.05) is 12.2 Å². The van der Waals surface area contributed by atoms with Crippen LogP contribution in [-0.2, 0) is 0 Å². The fourth-order valence-corrected chi connectivity index (χ4v) is 0.785. The Balaban J connectivity index is 0. The third-order valence-corrected chi connectivity index (χ3v) is 1.90. The molecule has 0 N–H and O–H groups in total. The SMILES string of the molecule is C=CCC(C)C.C=CCC(C)CC. The first-order valence-electron chi connectivity index (χ1n) is 5.30. The number of hydrogen-bond acceptors (Lipinski definition) is 0. The lowest BCUT2D eigenvalue weighted by molar-refractivity contribution is 0.572. The highest BCUT2D eigenvalue weighted by molar-refractivity contribution is 4.69. The molecule has 1 atom stereocenters. The molecule has 0 rings (SSSR count). The second kappa shape index (κ2) is 11.5. The zero-order chi connectivity index (χ0) is 10.7. The van der Waals surface area contributed by atoms with Crippen LogP contribution >= 0.6 is 0 Å². The zero-order valence-electron chi connectivity index (χ0n) is 9.84. The van der Waals surface area contributed by atoms with Crippen molar-refractivity contribution in [2.45, 2.75) is 47.0 Å². The molecule has 0 saturated heterocycles. The molecule has 0 aromatic rings. The molecule has 1 unspecified atom stereocenters. The van der Waals surface area contributed by atoms with Gasteiger partial charge >= 0.3 is 0 Å². The number of allylic oxidation sites excluding steroid dienone is 2. The molecule has 0 aliphatic carbocycles. The van der Waals surface area contributed by atoms with E-state index in [1.54, 1.807) is 0 Å². The molecule has 0 aromatic heterocycles. The number of hydrogen-bond donors (Lipinski definition) is 0. The van der Waals surface area contributed by atoms with Gasteiger partial charge in [0, 0.05) is 0 Å². The third-order valence-electron chi connectivity index (χ3n) is 1.90. The minimum Gasteiger partial charge on any atom is -0.103 e. The first-order chi connectivity index (χ1) is 6.08. The average molecular weight is 182 g/mol. The second-order valence-electron chi connectivity index (χ2n) is 3.96. The molecule has 0 fully saturated rings. The van der Waals surface area contributed by atoms with Gasteiger partial charge < -0.3 is 0 Å². The van der Waals surface area contributed by atoms with Gasteiger partial charge in [-0.25, -0.2) is 0 Å². The van der Waals surface area contributed by atoms with Crippen LogP contribution in [0, 0.1) is 11.8 Å². The van der Waals surface area contributed by atoms with Crippen molar-refractivity contribution in [2.24, 2.45) is 11.8 Å². The molecule has 0 heteroatoms. The summed E-state index contributed by atoms with van der Waals surface area (Å²) in [6.07, 6.45) is 7.50. The molecular formula is C13H26. The van der Waals surface area contributed by atoms with E-state index < -0.39 is 0 Å². The van der Waals surface area contributed by atoms with E-state index in [1.165, 1.54) is 6.42 Å². The minimum atomic E-state index is 0.780. The summed E-state index contributed by atoms with van der Waals surface area (Å²) in [4.78, 5) is 0. The quantitative estimate of drug-likeness (QED) is 0.534. The van der Waals surface area contributed by atoms with Crippen LogP contribution in [0.5, 0.6) is 0 Å². The topological polar surface area (TPSA) is 0 Å². The molecule has 78 valence electrons. The van der Waals surface area contributed by atoms with E-state index in [0.717, 1.165) is 24.7 Å². The fourth-order valence-electron chi connectivity index (χ4n) is 0.785. The van der Waals surface area contributed by atoms with Crippen LogP contribution in [0.1, 0.15) is 47.0 Å². The van der Waals surface area contributed by atoms with Gasteiger partial charge in [0.2, 0.25) is 0 Å². The number of rotatable bonds is 5. The lowest BCUT2D eigenvalue weighted by Crippen LogP contribution is -1.86. The van der Waals surface area contributed by atoms with Crippen molar-refractivity contribution >= 4 is 0 Å². The third kappa shape index (κ3) is 18.4. The first kappa shape index (κ1) is 15.0. The molecule has 0 nitrogen and oxygen atoms in total. The smallest absolute Gasteiger partial charge is 0.0328 e. The summed E-state index contributed by atoms with van der Waals surface area (Å²) in [5.74, 6) is 1.61. The summed E-state index contributed by atoms with van der Waals surface area (Å²) in [7, 11) is 0. The summed E-state index contributed by atoms with van der Waals surface area (Å²) >= 11 is 0. The van der Waals surface area contributed by atoms with E-state index in [2.05, 4.69) is 40.9 Å². The molecule has 0 aromatic carbocycles.